The Morgan fingerprint density at radius 3 is 1.88 bits per heavy atom. The van der Waals surface area contributed by atoms with Crippen molar-refractivity contribution in [2.24, 2.45) is 0 Å². The molecule has 2 nitrogen and oxygen atoms in total. The largest absolute Gasteiger partial charge is 0.349 e. The van der Waals surface area contributed by atoms with E-state index in [0.717, 1.165) is 32.1 Å². The molecular formula is C22H28O2. The molecular weight excluding hydrogens is 296 g/mol. The first kappa shape index (κ1) is 17.2. The van der Waals surface area contributed by atoms with Crippen molar-refractivity contribution >= 4 is 0 Å². The molecule has 0 amide bonds. The van der Waals surface area contributed by atoms with Gasteiger partial charge >= 0.3 is 0 Å². The smallest absolute Gasteiger partial charge is 0.159 e. The Balaban J connectivity index is 2.05. The van der Waals surface area contributed by atoms with E-state index >= 15 is 0 Å². The molecule has 0 unspecified atom stereocenters. The second-order valence-corrected chi connectivity index (χ2v) is 6.65. The maximum Gasteiger partial charge on any atom is 0.159 e. The van der Waals surface area contributed by atoms with E-state index in [2.05, 4.69) is 74.5 Å². The molecule has 0 aliphatic carbocycles. The molecule has 2 aromatic carbocycles. The Labute approximate surface area is 145 Å². The van der Waals surface area contributed by atoms with E-state index in [9.17, 15) is 0 Å². The monoisotopic (exact) mass is 324 g/mol. The van der Waals surface area contributed by atoms with Crippen molar-refractivity contribution in [3.63, 3.8) is 0 Å². The minimum atomic E-state index is -0.416. The first-order chi connectivity index (χ1) is 11.8. The highest BCUT2D eigenvalue weighted by Gasteiger charge is 2.44. The standard InChI is InChI=1S/C22H28O2/c1-3-11-20-17-22(18-13-7-5-8-14-18,19-15-9-6-10-16-19)24-21(23-20)12-4-2/h5-10,13-16,20-21H,3-4,11-12,17H2,1-2H3/t20-,21-/m1/s1. The van der Waals surface area contributed by atoms with Crippen LogP contribution in [0, 0.1) is 0 Å². The van der Waals surface area contributed by atoms with Crippen molar-refractivity contribution in [1.82, 2.24) is 0 Å². The summed E-state index contributed by atoms with van der Waals surface area (Å²) in [4.78, 5) is 0. The average molecular weight is 324 g/mol. The fourth-order valence-corrected chi connectivity index (χ4v) is 3.69. The van der Waals surface area contributed by atoms with Crippen molar-refractivity contribution in [3.05, 3.63) is 71.8 Å². The molecule has 0 radical (unpaired) electrons. The zero-order valence-corrected chi connectivity index (χ0v) is 14.8. The molecule has 0 spiro atoms. The van der Waals surface area contributed by atoms with Crippen LogP contribution in [0.25, 0.3) is 0 Å². The third kappa shape index (κ3) is 3.55. The van der Waals surface area contributed by atoms with Gasteiger partial charge in [-0.3, -0.25) is 0 Å². The molecule has 1 aliphatic heterocycles. The van der Waals surface area contributed by atoms with Crippen molar-refractivity contribution in [2.45, 2.75) is 63.9 Å². The minimum absolute atomic E-state index is 0.138. The second kappa shape index (κ2) is 7.96. The van der Waals surface area contributed by atoms with Crippen LogP contribution in [0.4, 0.5) is 0 Å². The molecule has 0 bridgehead atoms. The van der Waals surface area contributed by atoms with Gasteiger partial charge in [0.1, 0.15) is 5.60 Å². The van der Waals surface area contributed by atoms with E-state index in [4.69, 9.17) is 9.47 Å². The van der Waals surface area contributed by atoms with Gasteiger partial charge in [0.15, 0.2) is 6.29 Å². The van der Waals surface area contributed by atoms with E-state index in [1.54, 1.807) is 0 Å². The molecule has 1 fully saturated rings. The summed E-state index contributed by atoms with van der Waals surface area (Å²) >= 11 is 0. The number of rotatable bonds is 6. The lowest BCUT2D eigenvalue weighted by Crippen LogP contribution is -2.46. The SMILES string of the molecule is CCC[C@@H]1CC(c2ccccc2)(c2ccccc2)O[C@H](CCC)O1. The topological polar surface area (TPSA) is 18.5 Å². The molecule has 2 heteroatoms. The zero-order chi connectivity index (χ0) is 16.8. The Bertz CT molecular complexity index is 553. The molecule has 1 saturated heterocycles. The van der Waals surface area contributed by atoms with Gasteiger partial charge in [-0.05, 0) is 24.0 Å². The van der Waals surface area contributed by atoms with Crippen LogP contribution in [0.2, 0.25) is 0 Å². The zero-order valence-electron chi connectivity index (χ0n) is 14.8. The summed E-state index contributed by atoms with van der Waals surface area (Å²) in [6.07, 6.45) is 5.16. The fraction of sp³-hybridized carbons (Fsp3) is 0.455. The Morgan fingerprint density at radius 1 is 0.833 bits per heavy atom. The first-order valence-corrected chi connectivity index (χ1v) is 9.23. The third-order valence-electron chi connectivity index (χ3n) is 4.81. The van der Waals surface area contributed by atoms with E-state index in [1.807, 2.05) is 0 Å². The van der Waals surface area contributed by atoms with Gasteiger partial charge in [0, 0.05) is 6.42 Å². The number of hydrogen-bond acceptors (Lipinski definition) is 2. The van der Waals surface area contributed by atoms with Crippen LogP contribution in [0.1, 0.15) is 57.1 Å². The molecule has 1 aliphatic rings. The van der Waals surface area contributed by atoms with E-state index in [1.165, 1.54) is 11.1 Å². The molecule has 0 saturated carbocycles. The van der Waals surface area contributed by atoms with Gasteiger partial charge in [-0.2, -0.15) is 0 Å². The lowest BCUT2D eigenvalue weighted by Gasteiger charge is -2.45. The summed E-state index contributed by atoms with van der Waals surface area (Å²) in [5.74, 6) is 0. The van der Waals surface area contributed by atoms with Crippen molar-refractivity contribution in [3.8, 4) is 0 Å². The van der Waals surface area contributed by atoms with Crippen LogP contribution < -0.4 is 0 Å². The summed E-state index contributed by atoms with van der Waals surface area (Å²) in [5, 5.41) is 0. The second-order valence-electron chi connectivity index (χ2n) is 6.65. The molecule has 0 aromatic heterocycles. The highest BCUT2D eigenvalue weighted by Crippen LogP contribution is 2.44. The maximum absolute atomic E-state index is 6.64. The predicted molar refractivity (Wildman–Crippen MR) is 97.8 cm³/mol. The third-order valence-corrected chi connectivity index (χ3v) is 4.81. The van der Waals surface area contributed by atoms with Gasteiger partial charge in [-0.15, -0.1) is 0 Å². The molecule has 3 rings (SSSR count). The van der Waals surface area contributed by atoms with Crippen LogP contribution in [0.15, 0.2) is 60.7 Å². The van der Waals surface area contributed by atoms with Crippen LogP contribution in [-0.4, -0.2) is 12.4 Å². The average Bonchev–Trinajstić information content (AvgIpc) is 2.63. The predicted octanol–water partition coefficient (Wildman–Crippen LogP) is 5.66. The Kier molecular flexibility index (Phi) is 5.70. The van der Waals surface area contributed by atoms with E-state index in [0.29, 0.717) is 0 Å². The van der Waals surface area contributed by atoms with E-state index in [-0.39, 0.29) is 12.4 Å². The van der Waals surface area contributed by atoms with Crippen molar-refractivity contribution in [2.75, 3.05) is 0 Å². The summed E-state index contributed by atoms with van der Waals surface area (Å²) in [6, 6.07) is 21.3. The summed E-state index contributed by atoms with van der Waals surface area (Å²) in [5.41, 5.74) is 2.03. The number of ether oxygens (including phenoxy) is 2. The first-order valence-electron chi connectivity index (χ1n) is 9.23. The van der Waals surface area contributed by atoms with Gasteiger partial charge in [0.05, 0.1) is 6.10 Å². The molecule has 2 atom stereocenters. The fourth-order valence-electron chi connectivity index (χ4n) is 3.69. The summed E-state index contributed by atoms with van der Waals surface area (Å²) in [6.45, 7) is 4.41. The van der Waals surface area contributed by atoms with Gasteiger partial charge in [-0.25, -0.2) is 0 Å². The minimum Gasteiger partial charge on any atom is -0.349 e. The molecule has 2 aromatic rings. The highest BCUT2D eigenvalue weighted by atomic mass is 16.7. The van der Waals surface area contributed by atoms with Gasteiger partial charge < -0.3 is 9.47 Å². The maximum atomic E-state index is 6.64. The quantitative estimate of drug-likeness (QED) is 0.682. The number of hydrogen-bond donors (Lipinski definition) is 0. The van der Waals surface area contributed by atoms with Crippen LogP contribution >= 0.6 is 0 Å². The van der Waals surface area contributed by atoms with E-state index < -0.39 is 5.60 Å². The molecule has 1 heterocycles. The molecule has 128 valence electrons. The normalized spacial score (nSPS) is 23.1. The van der Waals surface area contributed by atoms with Crippen LogP contribution in [0.3, 0.4) is 0 Å². The van der Waals surface area contributed by atoms with Gasteiger partial charge in [-0.1, -0.05) is 87.4 Å². The highest BCUT2D eigenvalue weighted by molar-refractivity contribution is 5.37. The van der Waals surface area contributed by atoms with Gasteiger partial charge in [0.25, 0.3) is 0 Å². The lowest BCUT2D eigenvalue weighted by atomic mass is 9.80. The summed E-state index contributed by atoms with van der Waals surface area (Å²) < 4.78 is 12.9. The number of benzene rings is 2. The summed E-state index contributed by atoms with van der Waals surface area (Å²) in [7, 11) is 0. The molecule has 24 heavy (non-hydrogen) atoms. The van der Waals surface area contributed by atoms with Crippen molar-refractivity contribution < 1.29 is 9.47 Å². The van der Waals surface area contributed by atoms with Gasteiger partial charge in [0.2, 0.25) is 0 Å². The Hall–Kier alpha value is -1.64. The van der Waals surface area contributed by atoms with Crippen LogP contribution in [0.5, 0.6) is 0 Å². The van der Waals surface area contributed by atoms with Crippen LogP contribution in [-0.2, 0) is 15.1 Å². The lowest BCUT2D eigenvalue weighted by molar-refractivity contribution is -0.277. The Morgan fingerprint density at radius 2 is 1.38 bits per heavy atom. The van der Waals surface area contributed by atoms with Crippen molar-refractivity contribution in [1.29, 1.82) is 0 Å². The molecule has 0 N–H and O–H groups in total.